The second-order valence-corrected chi connectivity index (χ2v) is 5.00. The summed E-state index contributed by atoms with van der Waals surface area (Å²) < 4.78 is 5.67. The highest BCUT2D eigenvalue weighted by atomic mass is 35.5. The van der Waals surface area contributed by atoms with E-state index < -0.39 is 11.8 Å². The molecule has 0 bridgehead atoms. The Morgan fingerprint density at radius 2 is 1.77 bits per heavy atom. The van der Waals surface area contributed by atoms with Crippen LogP contribution in [0, 0.1) is 0 Å². The van der Waals surface area contributed by atoms with Crippen LogP contribution in [0.3, 0.4) is 0 Å². The highest BCUT2D eigenvalue weighted by molar-refractivity contribution is 6.30. The van der Waals surface area contributed by atoms with Gasteiger partial charge in [-0.1, -0.05) is 35.9 Å². The summed E-state index contributed by atoms with van der Waals surface area (Å²) in [5.41, 5.74) is 6.28. The van der Waals surface area contributed by atoms with Crippen LogP contribution >= 0.6 is 11.6 Å². The molecule has 0 aromatic heterocycles. The zero-order valence-electron chi connectivity index (χ0n) is 11.7. The minimum absolute atomic E-state index is 0.218. The highest BCUT2D eigenvalue weighted by Crippen LogP contribution is 2.19. The van der Waals surface area contributed by atoms with Gasteiger partial charge in [0.25, 0.3) is 5.91 Å². The van der Waals surface area contributed by atoms with Gasteiger partial charge in [0.2, 0.25) is 5.91 Å². The van der Waals surface area contributed by atoms with E-state index in [2.05, 4.69) is 5.32 Å². The zero-order chi connectivity index (χ0) is 15.9. The molecule has 0 aliphatic rings. The van der Waals surface area contributed by atoms with Gasteiger partial charge in [0.05, 0.1) is 12.1 Å². The van der Waals surface area contributed by atoms with Crippen LogP contribution in [0.4, 0.5) is 0 Å². The Morgan fingerprint density at radius 1 is 1.09 bits per heavy atom. The SMILES string of the molecule is NC(=O)CNC(=O)c1ccccc1OCc1ccc(Cl)cc1. The first-order valence-corrected chi connectivity index (χ1v) is 6.97. The number of ether oxygens (including phenoxy) is 1. The number of hydrogen-bond acceptors (Lipinski definition) is 3. The van der Waals surface area contributed by atoms with Crippen LogP contribution in [-0.4, -0.2) is 18.4 Å². The molecule has 6 heteroatoms. The number of nitrogens with one attached hydrogen (secondary N) is 1. The van der Waals surface area contributed by atoms with E-state index in [-0.39, 0.29) is 6.54 Å². The third-order valence-electron chi connectivity index (χ3n) is 2.86. The van der Waals surface area contributed by atoms with E-state index in [1.165, 1.54) is 0 Å². The minimum Gasteiger partial charge on any atom is -0.488 e. The smallest absolute Gasteiger partial charge is 0.255 e. The quantitative estimate of drug-likeness (QED) is 0.856. The largest absolute Gasteiger partial charge is 0.488 e. The first-order valence-electron chi connectivity index (χ1n) is 6.59. The Hall–Kier alpha value is -2.53. The number of rotatable bonds is 6. The Bertz CT molecular complexity index is 671. The van der Waals surface area contributed by atoms with Crippen LogP contribution in [-0.2, 0) is 11.4 Å². The van der Waals surface area contributed by atoms with Crippen molar-refractivity contribution in [2.75, 3.05) is 6.54 Å². The molecule has 0 unspecified atom stereocenters. The molecule has 5 nitrogen and oxygen atoms in total. The predicted molar refractivity (Wildman–Crippen MR) is 83.8 cm³/mol. The van der Waals surface area contributed by atoms with Crippen molar-refractivity contribution in [3.8, 4) is 5.75 Å². The van der Waals surface area contributed by atoms with Gasteiger partial charge in [-0.15, -0.1) is 0 Å². The first-order chi connectivity index (χ1) is 10.6. The number of benzene rings is 2. The normalized spacial score (nSPS) is 10.0. The Kier molecular flexibility index (Phi) is 5.38. The van der Waals surface area contributed by atoms with Crippen LogP contribution in [0.15, 0.2) is 48.5 Å². The summed E-state index contributed by atoms with van der Waals surface area (Å²) in [6.45, 7) is 0.0850. The van der Waals surface area contributed by atoms with Crippen LogP contribution in [0.2, 0.25) is 5.02 Å². The molecule has 2 aromatic carbocycles. The molecule has 2 aromatic rings. The van der Waals surface area contributed by atoms with Gasteiger partial charge in [-0.2, -0.15) is 0 Å². The minimum atomic E-state index is -0.604. The monoisotopic (exact) mass is 318 g/mol. The van der Waals surface area contributed by atoms with Crippen molar-refractivity contribution in [1.29, 1.82) is 0 Å². The van der Waals surface area contributed by atoms with Gasteiger partial charge in [0, 0.05) is 5.02 Å². The lowest BCUT2D eigenvalue weighted by Crippen LogP contribution is -2.33. The number of nitrogens with two attached hydrogens (primary N) is 1. The van der Waals surface area contributed by atoms with Gasteiger partial charge in [-0.3, -0.25) is 9.59 Å². The number of para-hydroxylation sites is 1. The Balaban J connectivity index is 2.06. The molecule has 2 rings (SSSR count). The lowest BCUT2D eigenvalue weighted by atomic mass is 10.2. The number of halogens is 1. The van der Waals surface area contributed by atoms with Crippen LogP contribution < -0.4 is 15.8 Å². The van der Waals surface area contributed by atoms with Gasteiger partial charge < -0.3 is 15.8 Å². The maximum atomic E-state index is 12.0. The summed E-state index contributed by atoms with van der Waals surface area (Å²) in [4.78, 5) is 22.7. The van der Waals surface area contributed by atoms with Gasteiger partial charge >= 0.3 is 0 Å². The lowest BCUT2D eigenvalue weighted by Gasteiger charge is -2.11. The van der Waals surface area contributed by atoms with Crippen molar-refractivity contribution >= 4 is 23.4 Å². The molecule has 2 amide bonds. The molecule has 0 heterocycles. The average molecular weight is 319 g/mol. The van der Waals surface area contributed by atoms with Crippen LogP contribution in [0.1, 0.15) is 15.9 Å². The van der Waals surface area contributed by atoms with E-state index in [9.17, 15) is 9.59 Å². The third kappa shape index (κ3) is 4.49. The molecule has 0 saturated carbocycles. The Labute approximate surface area is 133 Å². The van der Waals surface area contributed by atoms with Crippen LogP contribution in [0.25, 0.3) is 0 Å². The van der Waals surface area contributed by atoms with Gasteiger partial charge in [0.1, 0.15) is 12.4 Å². The zero-order valence-corrected chi connectivity index (χ0v) is 12.5. The second-order valence-electron chi connectivity index (χ2n) is 4.56. The summed E-state index contributed by atoms with van der Waals surface area (Å²) >= 11 is 5.82. The van der Waals surface area contributed by atoms with E-state index in [4.69, 9.17) is 22.1 Å². The molecule has 0 radical (unpaired) electrons. The van der Waals surface area contributed by atoms with E-state index in [1.807, 2.05) is 12.1 Å². The van der Waals surface area contributed by atoms with Crippen molar-refractivity contribution in [3.63, 3.8) is 0 Å². The van der Waals surface area contributed by atoms with E-state index in [0.717, 1.165) is 5.56 Å². The maximum absolute atomic E-state index is 12.0. The topological polar surface area (TPSA) is 81.4 Å². The van der Waals surface area contributed by atoms with Crippen molar-refractivity contribution in [1.82, 2.24) is 5.32 Å². The van der Waals surface area contributed by atoms with Crippen molar-refractivity contribution in [3.05, 3.63) is 64.7 Å². The Morgan fingerprint density at radius 3 is 2.45 bits per heavy atom. The van der Waals surface area contributed by atoms with Crippen molar-refractivity contribution in [2.45, 2.75) is 6.61 Å². The fraction of sp³-hybridized carbons (Fsp3) is 0.125. The number of carbonyl (C=O) groups excluding carboxylic acids is 2. The number of hydrogen-bond donors (Lipinski definition) is 2. The molecule has 114 valence electrons. The highest BCUT2D eigenvalue weighted by Gasteiger charge is 2.12. The molecule has 0 fully saturated rings. The lowest BCUT2D eigenvalue weighted by molar-refractivity contribution is -0.117. The van der Waals surface area contributed by atoms with Crippen LogP contribution in [0.5, 0.6) is 5.75 Å². The fourth-order valence-corrected chi connectivity index (χ4v) is 1.91. The molecule has 0 spiro atoms. The summed E-state index contributed by atoms with van der Waals surface area (Å²) in [7, 11) is 0. The van der Waals surface area contributed by atoms with Crippen molar-refractivity contribution in [2.24, 2.45) is 5.73 Å². The van der Waals surface area contributed by atoms with E-state index in [1.54, 1.807) is 36.4 Å². The van der Waals surface area contributed by atoms with E-state index in [0.29, 0.717) is 22.9 Å². The predicted octanol–water partition coefficient (Wildman–Crippen LogP) is 2.13. The summed E-state index contributed by atoms with van der Waals surface area (Å²) in [6, 6.07) is 14.0. The molecular formula is C16H15ClN2O3. The second kappa shape index (κ2) is 7.47. The molecule has 0 aliphatic heterocycles. The maximum Gasteiger partial charge on any atom is 0.255 e. The summed E-state index contributed by atoms with van der Waals surface area (Å²) in [5.74, 6) is -0.585. The summed E-state index contributed by atoms with van der Waals surface area (Å²) in [5, 5.41) is 3.08. The fourth-order valence-electron chi connectivity index (χ4n) is 1.78. The van der Waals surface area contributed by atoms with Gasteiger partial charge in [0.15, 0.2) is 0 Å². The molecule has 0 aliphatic carbocycles. The molecular weight excluding hydrogens is 304 g/mol. The van der Waals surface area contributed by atoms with Crippen molar-refractivity contribution < 1.29 is 14.3 Å². The molecule has 0 atom stereocenters. The van der Waals surface area contributed by atoms with Gasteiger partial charge in [-0.05, 0) is 29.8 Å². The number of amides is 2. The van der Waals surface area contributed by atoms with Gasteiger partial charge in [-0.25, -0.2) is 0 Å². The first kappa shape index (κ1) is 15.9. The summed E-state index contributed by atoms with van der Waals surface area (Å²) in [6.07, 6.45) is 0. The molecule has 22 heavy (non-hydrogen) atoms. The molecule has 0 saturated heterocycles. The third-order valence-corrected chi connectivity index (χ3v) is 3.11. The van der Waals surface area contributed by atoms with E-state index >= 15 is 0 Å². The number of carbonyl (C=O) groups is 2. The molecule has 3 N–H and O–H groups in total. The number of primary amides is 1. The standard InChI is InChI=1S/C16H15ClN2O3/c17-12-7-5-11(6-8-12)10-22-14-4-2-1-3-13(14)16(21)19-9-15(18)20/h1-8H,9-10H2,(H2,18,20)(H,19,21). The average Bonchev–Trinajstić information content (AvgIpc) is 2.52.